The summed E-state index contributed by atoms with van der Waals surface area (Å²) in [5, 5.41) is 2.97. The van der Waals surface area contributed by atoms with Crippen LogP contribution in [0.15, 0.2) is 41.3 Å². The number of hydrogen-bond donors (Lipinski definition) is 1. The molecule has 0 saturated carbocycles. The molecule has 35 heavy (non-hydrogen) atoms. The van der Waals surface area contributed by atoms with E-state index >= 15 is 0 Å². The smallest absolute Gasteiger partial charge is 0.225 e. The van der Waals surface area contributed by atoms with Gasteiger partial charge in [-0.1, -0.05) is 0 Å². The fourth-order valence-electron chi connectivity index (χ4n) is 4.63. The highest BCUT2D eigenvalue weighted by atomic mass is 32.2. The molecule has 0 spiro atoms. The molecule has 3 rings (SSSR count). The van der Waals surface area contributed by atoms with E-state index in [-0.39, 0.29) is 12.3 Å². The van der Waals surface area contributed by atoms with E-state index in [2.05, 4.69) is 41.3 Å². The van der Waals surface area contributed by atoms with Crippen LogP contribution in [-0.2, 0) is 15.8 Å². The first-order chi connectivity index (χ1) is 16.7. The summed E-state index contributed by atoms with van der Waals surface area (Å²) in [7, 11) is 6.38. The molecule has 1 amide bonds. The number of anilines is 2. The second-order valence-corrected chi connectivity index (χ2v) is 11.1. The molecule has 2 unspecified atom stereocenters. The molecular formula is C27H40N4O3S. The van der Waals surface area contributed by atoms with Crippen LogP contribution in [0.2, 0.25) is 0 Å². The number of hydrogen-bond acceptors (Lipinski definition) is 5. The molecular weight excluding hydrogens is 460 g/mol. The lowest BCUT2D eigenvalue weighted by atomic mass is 10.1. The topological polar surface area (TPSA) is 65.1 Å². The first-order valence-electron chi connectivity index (χ1n) is 12.3. The molecule has 1 N–H and O–H groups in total. The Morgan fingerprint density at radius 1 is 1.09 bits per heavy atom. The number of methoxy groups -OCH3 is 1. The lowest BCUT2D eigenvalue weighted by molar-refractivity contribution is -0.116. The third kappa shape index (κ3) is 7.29. The van der Waals surface area contributed by atoms with Crippen molar-refractivity contribution in [2.24, 2.45) is 0 Å². The Bertz CT molecular complexity index is 1000. The number of nitrogens with zero attached hydrogens (tertiary/aromatic N) is 3. The Morgan fingerprint density at radius 2 is 1.74 bits per heavy atom. The summed E-state index contributed by atoms with van der Waals surface area (Å²) in [5.74, 6) is 0.663. The number of rotatable bonds is 9. The van der Waals surface area contributed by atoms with E-state index in [0.717, 1.165) is 47.0 Å². The number of amides is 1. The Morgan fingerprint density at radius 3 is 2.34 bits per heavy atom. The van der Waals surface area contributed by atoms with Gasteiger partial charge in [0.1, 0.15) is 16.7 Å². The zero-order valence-corrected chi connectivity index (χ0v) is 22.8. The number of carbonyl (C=O) groups is 1. The zero-order chi connectivity index (χ0) is 25.5. The van der Waals surface area contributed by atoms with Crippen molar-refractivity contribution in [1.82, 2.24) is 9.21 Å². The van der Waals surface area contributed by atoms with Crippen molar-refractivity contribution in [1.29, 1.82) is 0 Å². The third-order valence-electron chi connectivity index (χ3n) is 6.73. The molecule has 0 aliphatic carbocycles. The lowest BCUT2D eigenvalue weighted by Gasteiger charge is -2.25. The van der Waals surface area contributed by atoms with Gasteiger partial charge in [-0.3, -0.25) is 4.79 Å². The number of benzene rings is 2. The van der Waals surface area contributed by atoms with Crippen molar-refractivity contribution in [3.63, 3.8) is 0 Å². The third-order valence-corrected chi connectivity index (χ3v) is 8.47. The lowest BCUT2D eigenvalue weighted by Crippen LogP contribution is -2.30. The fourth-order valence-corrected chi connectivity index (χ4v) is 5.87. The van der Waals surface area contributed by atoms with E-state index in [4.69, 9.17) is 4.74 Å². The van der Waals surface area contributed by atoms with Crippen LogP contribution < -0.4 is 15.0 Å². The summed E-state index contributed by atoms with van der Waals surface area (Å²) >= 11 is 0. The molecule has 2 aromatic rings. The Hall–Kier alpha value is -2.42. The highest BCUT2D eigenvalue weighted by Crippen LogP contribution is 2.26. The number of aryl methyl sites for hydroxylation is 2. The minimum absolute atomic E-state index is 0.0895. The van der Waals surface area contributed by atoms with E-state index in [9.17, 15) is 9.00 Å². The summed E-state index contributed by atoms with van der Waals surface area (Å²) in [5.41, 5.74) is 3.81. The van der Waals surface area contributed by atoms with E-state index in [1.165, 1.54) is 18.5 Å². The van der Waals surface area contributed by atoms with Crippen molar-refractivity contribution in [2.45, 2.75) is 50.5 Å². The summed E-state index contributed by atoms with van der Waals surface area (Å²) in [6.45, 7) is 6.36. The molecule has 1 aliphatic heterocycles. The molecule has 1 saturated heterocycles. The van der Waals surface area contributed by atoms with E-state index in [1.807, 2.05) is 38.1 Å². The molecule has 2 atom stereocenters. The van der Waals surface area contributed by atoms with Crippen LogP contribution in [0.5, 0.6) is 5.75 Å². The van der Waals surface area contributed by atoms with E-state index < -0.39 is 11.0 Å². The highest BCUT2D eigenvalue weighted by molar-refractivity contribution is 7.82. The van der Waals surface area contributed by atoms with Gasteiger partial charge in [-0.15, -0.1) is 0 Å². The van der Waals surface area contributed by atoms with Crippen molar-refractivity contribution < 1.29 is 13.7 Å². The summed E-state index contributed by atoms with van der Waals surface area (Å²) in [4.78, 5) is 18.1. The molecule has 0 bridgehead atoms. The summed E-state index contributed by atoms with van der Waals surface area (Å²) in [6, 6.07) is 12.5. The van der Waals surface area contributed by atoms with Gasteiger partial charge in [-0.25, -0.2) is 8.51 Å². The number of ether oxygens (including phenoxy) is 1. The van der Waals surface area contributed by atoms with Crippen LogP contribution in [-0.4, -0.2) is 73.3 Å². The highest BCUT2D eigenvalue weighted by Gasteiger charge is 2.20. The van der Waals surface area contributed by atoms with E-state index in [1.54, 1.807) is 18.5 Å². The standard InChI is InChI=1S/C27H40N4O3S/c1-20-18-25(34-6)19-21(2)27(20)35(33)30(5)16-14-26(32)28-22-9-11-24(12-10-22)31-15-7-8-23(13-17-31)29(3)4/h9-12,18-19,23H,7-8,13-17H2,1-6H3,(H,28,32). The quantitative estimate of drug-likeness (QED) is 0.559. The second-order valence-electron chi connectivity index (χ2n) is 9.57. The van der Waals surface area contributed by atoms with E-state index in [0.29, 0.717) is 12.6 Å². The van der Waals surface area contributed by atoms with Crippen molar-refractivity contribution in [2.75, 3.05) is 58.1 Å². The average molecular weight is 501 g/mol. The molecule has 0 aromatic heterocycles. The van der Waals surface area contributed by atoms with Gasteiger partial charge >= 0.3 is 0 Å². The van der Waals surface area contributed by atoms with Crippen molar-refractivity contribution in [3.8, 4) is 5.75 Å². The molecule has 0 radical (unpaired) electrons. The monoisotopic (exact) mass is 500 g/mol. The molecule has 7 nitrogen and oxygen atoms in total. The van der Waals surface area contributed by atoms with Gasteiger partial charge in [0.05, 0.1) is 12.0 Å². The Labute approximate surface area is 213 Å². The number of nitrogens with one attached hydrogen (secondary N) is 1. The summed E-state index contributed by atoms with van der Waals surface area (Å²) in [6.07, 6.45) is 3.84. The maximum atomic E-state index is 13.1. The first-order valence-corrected chi connectivity index (χ1v) is 13.4. The summed E-state index contributed by atoms with van der Waals surface area (Å²) < 4.78 is 20.1. The molecule has 192 valence electrons. The predicted molar refractivity (Wildman–Crippen MR) is 145 cm³/mol. The fraction of sp³-hybridized carbons (Fsp3) is 0.519. The average Bonchev–Trinajstić information content (AvgIpc) is 3.09. The molecule has 8 heteroatoms. The maximum Gasteiger partial charge on any atom is 0.225 e. The molecule has 1 aliphatic rings. The van der Waals surface area contributed by atoms with Crippen LogP contribution >= 0.6 is 0 Å². The Kier molecular flexibility index (Phi) is 9.71. The molecule has 1 heterocycles. The van der Waals surface area contributed by atoms with Crippen LogP contribution in [0.4, 0.5) is 11.4 Å². The van der Waals surface area contributed by atoms with Crippen LogP contribution in [0.1, 0.15) is 36.8 Å². The van der Waals surface area contributed by atoms with Crippen LogP contribution in [0.25, 0.3) is 0 Å². The second kappa shape index (κ2) is 12.5. The first kappa shape index (κ1) is 27.2. The molecule has 1 fully saturated rings. The van der Waals surface area contributed by atoms with Crippen LogP contribution in [0, 0.1) is 13.8 Å². The Balaban J connectivity index is 1.51. The van der Waals surface area contributed by atoms with Gasteiger partial charge in [0.25, 0.3) is 0 Å². The predicted octanol–water partition coefficient (Wildman–Crippen LogP) is 4.22. The van der Waals surface area contributed by atoms with Crippen molar-refractivity contribution >= 4 is 28.3 Å². The van der Waals surface area contributed by atoms with Gasteiger partial charge in [0.2, 0.25) is 5.91 Å². The zero-order valence-electron chi connectivity index (χ0n) is 22.0. The van der Waals surface area contributed by atoms with Gasteiger partial charge in [0, 0.05) is 50.5 Å². The minimum atomic E-state index is -1.35. The maximum absolute atomic E-state index is 13.1. The van der Waals surface area contributed by atoms with Crippen molar-refractivity contribution in [3.05, 3.63) is 47.5 Å². The largest absolute Gasteiger partial charge is 0.497 e. The number of carbonyl (C=O) groups excluding carboxylic acids is 1. The van der Waals surface area contributed by atoms with Gasteiger partial charge < -0.3 is 19.9 Å². The van der Waals surface area contributed by atoms with Crippen LogP contribution in [0.3, 0.4) is 0 Å². The van der Waals surface area contributed by atoms with Gasteiger partial charge in [-0.05, 0) is 94.7 Å². The van der Waals surface area contributed by atoms with Gasteiger partial charge in [-0.2, -0.15) is 0 Å². The van der Waals surface area contributed by atoms with Gasteiger partial charge in [0.15, 0.2) is 0 Å². The minimum Gasteiger partial charge on any atom is -0.497 e. The molecule has 2 aromatic carbocycles. The normalized spacial score (nSPS) is 17.4. The SMILES string of the molecule is COc1cc(C)c(S(=O)N(C)CCC(=O)Nc2ccc(N3CCCC(N(C)C)CC3)cc2)c(C)c1.